The molecule has 0 aromatic heterocycles. The summed E-state index contributed by atoms with van der Waals surface area (Å²) >= 11 is 0. The smallest absolute Gasteiger partial charge is 0.150 e. The first-order valence-electron chi connectivity index (χ1n) is 6.13. The molecule has 0 spiro atoms. The number of hydrogen-bond donors (Lipinski definition) is 2. The van der Waals surface area contributed by atoms with Crippen LogP contribution in [0.4, 0.5) is 0 Å². The summed E-state index contributed by atoms with van der Waals surface area (Å²) in [6, 6.07) is 0.169. The highest BCUT2D eigenvalue weighted by Crippen LogP contribution is 2.27. The Kier molecular flexibility index (Phi) is 5.85. The molecule has 0 saturated heterocycles. The van der Waals surface area contributed by atoms with Gasteiger partial charge in [0, 0.05) is 25.4 Å². The summed E-state index contributed by atoms with van der Waals surface area (Å²) in [5.74, 6) is 0. The highest BCUT2D eigenvalue weighted by molar-refractivity contribution is 7.91. The monoisotopic (exact) mass is 265 g/mol. The molecule has 1 aliphatic rings. The van der Waals surface area contributed by atoms with Crippen LogP contribution in [0.25, 0.3) is 0 Å². The molecular formula is C11H23NO4S. The Morgan fingerprint density at radius 3 is 2.24 bits per heavy atom. The van der Waals surface area contributed by atoms with Gasteiger partial charge in [0.2, 0.25) is 0 Å². The lowest BCUT2D eigenvalue weighted by molar-refractivity contribution is 0.102. The SMILES string of the molecule is CS(=O)(=O)C1CCCC(N(CCO)CCO)C1. The molecule has 0 aromatic rings. The van der Waals surface area contributed by atoms with Crippen LogP contribution >= 0.6 is 0 Å². The number of aliphatic hydroxyl groups excluding tert-OH is 2. The summed E-state index contributed by atoms with van der Waals surface area (Å²) in [6.07, 6.45) is 4.50. The Morgan fingerprint density at radius 1 is 1.18 bits per heavy atom. The molecule has 0 heterocycles. The second kappa shape index (κ2) is 6.68. The van der Waals surface area contributed by atoms with Crippen molar-refractivity contribution in [3.05, 3.63) is 0 Å². The van der Waals surface area contributed by atoms with E-state index in [0.717, 1.165) is 19.3 Å². The lowest BCUT2D eigenvalue weighted by Gasteiger charge is -2.36. The first-order valence-corrected chi connectivity index (χ1v) is 8.09. The minimum Gasteiger partial charge on any atom is -0.395 e. The Hall–Kier alpha value is -0.170. The molecule has 2 N–H and O–H groups in total. The van der Waals surface area contributed by atoms with Gasteiger partial charge in [0.05, 0.1) is 18.5 Å². The van der Waals surface area contributed by atoms with Crippen LogP contribution in [0, 0.1) is 0 Å². The van der Waals surface area contributed by atoms with Crippen molar-refractivity contribution in [2.45, 2.75) is 37.0 Å². The van der Waals surface area contributed by atoms with Gasteiger partial charge in [-0.3, -0.25) is 4.90 Å². The zero-order valence-corrected chi connectivity index (χ0v) is 11.2. The zero-order chi connectivity index (χ0) is 12.9. The van der Waals surface area contributed by atoms with Crippen molar-refractivity contribution in [2.75, 3.05) is 32.6 Å². The van der Waals surface area contributed by atoms with Gasteiger partial charge in [-0.1, -0.05) is 6.42 Å². The lowest BCUT2D eigenvalue weighted by Crippen LogP contribution is -2.44. The standard InChI is InChI=1S/C11H23NO4S/c1-17(15,16)11-4-2-3-10(9-11)12(5-7-13)6-8-14/h10-11,13-14H,2-9H2,1H3. The number of aliphatic hydroxyl groups is 2. The number of sulfone groups is 1. The van der Waals surface area contributed by atoms with E-state index < -0.39 is 9.84 Å². The highest BCUT2D eigenvalue weighted by Gasteiger charge is 2.31. The van der Waals surface area contributed by atoms with Gasteiger partial charge in [-0.05, 0) is 19.3 Å². The first kappa shape index (κ1) is 14.9. The molecule has 0 bridgehead atoms. The van der Waals surface area contributed by atoms with E-state index in [1.807, 2.05) is 4.90 Å². The molecule has 102 valence electrons. The van der Waals surface area contributed by atoms with Crippen molar-refractivity contribution < 1.29 is 18.6 Å². The molecule has 1 saturated carbocycles. The summed E-state index contributed by atoms with van der Waals surface area (Å²) in [6.45, 7) is 1.09. The maximum absolute atomic E-state index is 11.6. The van der Waals surface area contributed by atoms with Gasteiger partial charge in [-0.25, -0.2) is 8.42 Å². The summed E-state index contributed by atoms with van der Waals surface area (Å²) in [5, 5.41) is 17.7. The van der Waals surface area contributed by atoms with Crippen molar-refractivity contribution in [3.63, 3.8) is 0 Å². The summed E-state index contributed by atoms with van der Waals surface area (Å²) in [5.41, 5.74) is 0. The summed E-state index contributed by atoms with van der Waals surface area (Å²) in [4.78, 5) is 2.00. The number of rotatable bonds is 6. The molecule has 17 heavy (non-hydrogen) atoms. The fraction of sp³-hybridized carbons (Fsp3) is 1.00. The average molecular weight is 265 g/mol. The van der Waals surface area contributed by atoms with Gasteiger partial charge < -0.3 is 10.2 Å². The van der Waals surface area contributed by atoms with Crippen molar-refractivity contribution in [1.82, 2.24) is 4.90 Å². The molecule has 0 aromatic carbocycles. The van der Waals surface area contributed by atoms with Crippen LogP contribution in [0.15, 0.2) is 0 Å². The number of nitrogens with zero attached hydrogens (tertiary/aromatic N) is 1. The van der Waals surface area contributed by atoms with E-state index in [4.69, 9.17) is 10.2 Å². The fourth-order valence-electron chi connectivity index (χ4n) is 2.57. The molecule has 2 atom stereocenters. The van der Waals surface area contributed by atoms with Crippen LogP contribution in [0.2, 0.25) is 0 Å². The third-order valence-electron chi connectivity index (χ3n) is 3.49. The van der Waals surface area contributed by atoms with E-state index in [1.54, 1.807) is 0 Å². The minimum absolute atomic E-state index is 0.0417. The van der Waals surface area contributed by atoms with E-state index in [-0.39, 0.29) is 24.5 Å². The van der Waals surface area contributed by atoms with Crippen LogP contribution in [-0.4, -0.2) is 67.4 Å². The van der Waals surface area contributed by atoms with Crippen LogP contribution in [0.5, 0.6) is 0 Å². The molecule has 1 aliphatic carbocycles. The van der Waals surface area contributed by atoms with E-state index in [1.165, 1.54) is 6.26 Å². The van der Waals surface area contributed by atoms with Gasteiger partial charge in [-0.15, -0.1) is 0 Å². The van der Waals surface area contributed by atoms with Crippen molar-refractivity contribution in [1.29, 1.82) is 0 Å². The van der Waals surface area contributed by atoms with Crippen LogP contribution < -0.4 is 0 Å². The molecular weight excluding hydrogens is 242 g/mol. The first-order chi connectivity index (χ1) is 7.99. The van der Waals surface area contributed by atoms with Gasteiger partial charge >= 0.3 is 0 Å². The predicted molar refractivity (Wildman–Crippen MR) is 66.6 cm³/mol. The van der Waals surface area contributed by atoms with E-state index in [0.29, 0.717) is 19.5 Å². The summed E-state index contributed by atoms with van der Waals surface area (Å²) in [7, 11) is -2.97. The topological polar surface area (TPSA) is 77.8 Å². The van der Waals surface area contributed by atoms with Crippen LogP contribution in [0.3, 0.4) is 0 Å². The largest absolute Gasteiger partial charge is 0.395 e. The van der Waals surface area contributed by atoms with E-state index >= 15 is 0 Å². The van der Waals surface area contributed by atoms with Gasteiger partial charge in [0.1, 0.15) is 9.84 Å². The molecule has 6 heteroatoms. The number of hydrogen-bond acceptors (Lipinski definition) is 5. The Labute approximate surface area is 103 Å². The fourth-order valence-corrected chi connectivity index (χ4v) is 3.74. The second-order valence-electron chi connectivity index (χ2n) is 4.76. The molecule has 2 unspecified atom stereocenters. The molecule has 0 amide bonds. The Morgan fingerprint density at radius 2 is 1.76 bits per heavy atom. The van der Waals surface area contributed by atoms with Crippen molar-refractivity contribution in [3.8, 4) is 0 Å². The van der Waals surface area contributed by atoms with Crippen LogP contribution in [0.1, 0.15) is 25.7 Å². The maximum Gasteiger partial charge on any atom is 0.150 e. The predicted octanol–water partition coefficient (Wildman–Crippen LogP) is -0.371. The van der Waals surface area contributed by atoms with Crippen molar-refractivity contribution >= 4 is 9.84 Å². The molecule has 0 aliphatic heterocycles. The molecule has 1 fully saturated rings. The van der Waals surface area contributed by atoms with Gasteiger partial charge in [0.25, 0.3) is 0 Å². The Balaban J connectivity index is 2.63. The van der Waals surface area contributed by atoms with Gasteiger partial charge in [0.15, 0.2) is 0 Å². The second-order valence-corrected chi connectivity index (χ2v) is 7.08. The Bertz CT molecular complexity index is 311. The third-order valence-corrected chi connectivity index (χ3v) is 5.13. The normalized spacial score (nSPS) is 26.4. The van der Waals surface area contributed by atoms with E-state index in [2.05, 4.69) is 0 Å². The molecule has 1 rings (SSSR count). The molecule has 0 radical (unpaired) electrons. The molecule has 5 nitrogen and oxygen atoms in total. The lowest BCUT2D eigenvalue weighted by atomic mass is 9.93. The third kappa shape index (κ3) is 4.54. The quantitative estimate of drug-likeness (QED) is 0.685. The van der Waals surface area contributed by atoms with E-state index in [9.17, 15) is 8.42 Å². The van der Waals surface area contributed by atoms with Gasteiger partial charge in [-0.2, -0.15) is 0 Å². The average Bonchev–Trinajstić information content (AvgIpc) is 2.28. The summed E-state index contributed by atoms with van der Waals surface area (Å²) < 4.78 is 23.1. The highest BCUT2D eigenvalue weighted by atomic mass is 32.2. The zero-order valence-electron chi connectivity index (χ0n) is 10.4. The minimum atomic E-state index is -2.97. The maximum atomic E-state index is 11.6. The van der Waals surface area contributed by atoms with Crippen molar-refractivity contribution in [2.24, 2.45) is 0 Å². The van der Waals surface area contributed by atoms with Crippen LogP contribution in [-0.2, 0) is 9.84 Å².